The Morgan fingerprint density at radius 3 is 2.75 bits per heavy atom. The van der Waals surface area contributed by atoms with Crippen molar-refractivity contribution in [1.29, 1.82) is 0 Å². The third-order valence-electron chi connectivity index (χ3n) is 4.76. The standard InChI is InChI=1S/C21H19N3O4/c1-13-19(16-7-2-3-8-17(16)23-13)18(25)12-28-20(26)14-5-4-6-15(11-14)24-10-9-22-21(24)27/h2-8,11,23H,9-10,12H2,1H3,(H,22,27). The number of carbonyl (C=O) groups is 3. The zero-order valence-corrected chi connectivity index (χ0v) is 15.3. The van der Waals surface area contributed by atoms with Gasteiger partial charge in [0.05, 0.1) is 5.56 Å². The molecule has 1 fully saturated rings. The molecule has 0 radical (unpaired) electrons. The van der Waals surface area contributed by atoms with Crippen LogP contribution >= 0.6 is 0 Å². The van der Waals surface area contributed by atoms with Crippen molar-refractivity contribution < 1.29 is 19.1 Å². The molecular weight excluding hydrogens is 358 g/mol. The number of nitrogens with one attached hydrogen (secondary N) is 2. The first-order chi connectivity index (χ1) is 13.5. The van der Waals surface area contributed by atoms with Crippen LogP contribution in [0.25, 0.3) is 10.9 Å². The van der Waals surface area contributed by atoms with Gasteiger partial charge < -0.3 is 15.0 Å². The smallest absolute Gasteiger partial charge is 0.338 e. The summed E-state index contributed by atoms with van der Waals surface area (Å²) < 4.78 is 5.24. The molecule has 7 nitrogen and oxygen atoms in total. The van der Waals surface area contributed by atoms with Gasteiger partial charge in [-0.25, -0.2) is 9.59 Å². The summed E-state index contributed by atoms with van der Waals surface area (Å²) in [6.45, 7) is 2.57. The SMILES string of the molecule is Cc1[nH]c2ccccc2c1C(=O)COC(=O)c1cccc(N2CCNC2=O)c1. The van der Waals surface area contributed by atoms with Crippen molar-refractivity contribution in [2.24, 2.45) is 0 Å². The van der Waals surface area contributed by atoms with E-state index >= 15 is 0 Å². The van der Waals surface area contributed by atoms with Crippen LogP contribution in [0.5, 0.6) is 0 Å². The summed E-state index contributed by atoms with van der Waals surface area (Å²) in [5, 5.41) is 3.52. The number of fused-ring (bicyclic) bond motifs is 1. The van der Waals surface area contributed by atoms with Gasteiger partial charge in [0, 0.05) is 40.9 Å². The molecule has 0 saturated carbocycles. The molecule has 2 N–H and O–H groups in total. The first-order valence-corrected chi connectivity index (χ1v) is 8.97. The van der Waals surface area contributed by atoms with Crippen LogP contribution in [0.4, 0.5) is 10.5 Å². The lowest BCUT2D eigenvalue weighted by molar-refractivity contribution is 0.0475. The fraction of sp³-hybridized carbons (Fsp3) is 0.190. The Kier molecular flexibility index (Phi) is 4.57. The summed E-state index contributed by atoms with van der Waals surface area (Å²) in [6.07, 6.45) is 0. The number of urea groups is 1. The molecule has 2 heterocycles. The fourth-order valence-electron chi connectivity index (χ4n) is 3.44. The molecule has 0 spiro atoms. The Labute approximate surface area is 161 Å². The average molecular weight is 377 g/mol. The lowest BCUT2D eigenvalue weighted by Gasteiger charge is -2.14. The number of esters is 1. The Morgan fingerprint density at radius 1 is 1.14 bits per heavy atom. The van der Waals surface area contributed by atoms with Gasteiger partial charge >= 0.3 is 12.0 Å². The van der Waals surface area contributed by atoms with Crippen molar-refractivity contribution in [2.75, 3.05) is 24.6 Å². The maximum absolute atomic E-state index is 12.6. The summed E-state index contributed by atoms with van der Waals surface area (Å²) in [5.74, 6) is -0.870. The molecule has 1 aromatic heterocycles. The average Bonchev–Trinajstić information content (AvgIpc) is 3.28. The highest BCUT2D eigenvalue weighted by Crippen LogP contribution is 2.23. The number of H-pyrrole nitrogens is 1. The second kappa shape index (κ2) is 7.19. The second-order valence-electron chi connectivity index (χ2n) is 6.60. The fourth-order valence-corrected chi connectivity index (χ4v) is 3.44. The number of aromatic amines is 1. The number of amides is 2. The number of aryl methyl sites for hydroxylation is 1. The molecule has 142 valence electrons. The highest BCUT2D eigenvalue weighted by atomic mass is 16.5. The van der Waals surface area contributed by atoms with Crippen molar-refractivity contribution in [3.05, 3.63) is 65.4 Å². The molecule has 0 aliphatic carbocycles. The van der Waals surface area contributed by atoms with Crippen LogP contribution in [0, 0.1) is 6.92 Å². The number of aromatic nitrogens is 1. The van der Waals surface area contributed by atoms with Crippen LogP contribution in [0.2, 0.25) is 0 Å². The van der Waals surface area contributed by atoms with Crippen molar-refractivity contribution >= 4 is 34.4 Å². The molecule has 28 heavy (non-hydrogen) atoms. The number of rotatable bonds is 5. The summed E-state index contributed by atoms with van der Waals surface area (Å²) in [5.41, 5.74) is 3.05. The van der Waals surface area contributed by atoms with Gasteiger partial charge in [0.2, 0.25) is 5.78 Å². The summed E-state index contributed by atoms with van der Waals surface area (Å²) in [7, 11) is 0. The van der Waals surface area contributed by atoms with Gasteiger partial charge in [-0.05, 0) is 31.2 Å². The number of carbonyl (C=O) groups excluding carboxylic acids is 3. The first-order valence-electron chi connectivity index (χ1n) is 8.97. The van der Waals surface area contributed by atoms with Crippen LogP contribution in [-0.4, -0.2) is 42.5 Å². The van der Waals surface area contributed by atoms with E-state index in [-0.39, 0.29) is 18.4 Å². The number of anilines is 1. The van der Waals surface area contributed by atoms with E-state index in [2.05, 4.69) is 10.3 Å². The van der Waals surface area contributed by atoms with Gasteiger partial charge in [0.25, 0.3) is 0 Å². The Balaban J connectivity index is 1.48. The van der Waals surface area contributed by atoms with Gasteiger partial charge in [-0.15, -0.1) is 0 Å². The van der Waals surface area contributed by atoms with E-state index in [0.717, 1.165) is 16.6 Å². The molecule has 2 amide bonds. The monoisotopic (exact) mass is 377 g/mol. The number of hydrogen-bond acceptors (Lipinski definition) is 4. The number of para-hydroxylation sites is 1. The highest BCUT2D eigenvalue weighted by molar-refractivity contribution is 6.10. The van der Waals surface area contributed by atoms with Crippen molar-refractivity contribution in [2.45, 2.75) is 6.92 Å². The molecule has 2 aromatic carbocycles. The van der Waals surface area contributed by atoms with Crippen molar-refractivity contribution in [3.63, 3.8) is 0 Å². The van der Waals surface area contributed by atoms with E-state index in [1.165, 1.54) is 0 Å². The second-order valence-corrected chi connectivity index (χ2v) is 6.60. The number of Topliss-reactive ketones (excluding diaryl/α,β-unsaturated/α-hetero) is 1. The number of hydrogen-bond donors (Lipinski definition) is 2. The number of nitrogens with zero attached hydrogens (tertiary/aromatic N) is 1. The Hall–Kier alpha value is -3.61. The Morgan fingerprint density at radius 2 is 1.96 bits per heavy atom. The van der Waals surface area contributed by atoms with Gasteiger partial charge in [0.15, 0.2) is 6.61 Å². The zero-order valence-electron chi connectivity index (χ0n) is 15.3. The molecule has 0 atom stereocenters. The molecule has 1 aliphatic heterocycles. The van der Waals surface area contributed by atoms with Gasteiger partial charge in [-0.2, -0.15) is 0 Å². The highest BCUT2D eigenvalue weighted by Gasteiger charge is 2.22. The summed E-state index contributed by atoms with van der Waals surface area (Å²) >= 11 is 0. The van der Waals surface area contributed by atoms with Crippen LogP contribution in [0.3, 0.4) is 0 Å². The molecule has 1 saturated heterocycles. The van der Waals surface area contributed by atoms with E-state index in [9.17, 15) is 14.4 Å². The predicted octanol–water partition coefficient (Wildman–Crippen LogP) is 3.05. The van der Waals surface area contributed by atoms with Gasteiger partial charge in [-0.1, -0.05) is 24.3 Å². The third-order valence-corrected chi connectivity index (χ3v) is 4.76. The molecule has 4 rings (SSSR count). The maximum atomic E-state index is 12.6. The van der Waals surface area contributed by atoms with Crippen LogP contribution in [0.1, 0.15) is 26.4 Å². The molecule has 0 bridgehead atoms. The third kappa shape index (κ3) is 3.22. The van der Waals surface area contributed by atoms with E-state index in [4.69, 9.17) is 4.74 Å². The molecule has 3 aromatic rings. The molecule has 7 heteroatoms. The van der Waals surface area contributed by atoms with E-state index in [1.807, 2.05) is 31.2 Å². The normalized spacial score (nSPS) is 13.6. The van der Waals surface area contributed by atoms with Crippen LogP contribution < -0.4 is 10.2 Å². The molecule has 1 aliphatic rings. The van der Waals surface area contributed by atoms with E-state index < -0.39 is 5.97 Å². The van der Waals surface area contributed by atoms with Crippen LogP contribution in [-0.2, 0) is 4.74 Å². The van der Waals surface area contributed by atoms with Gasteiger partial charge in [-0.3, -0.25) is 9.69 Å². The summed E-state index contributed by atoms with van der Waals surface area (Å²) in [6, 6.07) is 13.9. The summed E-state index contributed by atoms with van der Waals surface area (Å²) in [4.78, 5) is 41.6. The quantitative estimate of drug-likeness (QED) is 0.528. The first kappa shape index (κ1) is 17.8. The largest absolute Gasteiger partial charge is 0.454 e. The minimum atomic E-state index is -0.604. The van der Waals surface area contributed by atoms with Crippen molar-refractivity contribution in [1.82, 2.24) is 10.3 Å². The zero-order chi connectivity index (χ0) is 19.7. The van der Waals surface area contributed by atoms with Crippen molar-refractivity contribution in [3.8, 4) is 0 Å². The van der Waals surface area contributed by atoms with E-state index in [0.29, 0.717) is 29.9 Å². The molecule has 0 unspecified atom stereocenters. The predicted molar refractivity (Wildman–Crippen MR) is 105 cm³/mol. The Bertz CT molecular complexity index is 1090. The van der Waals surface area contributed by atoms with Gasteiger partial charge in [0.1, 0.15) is 0 Å². The minimum absolute atomic E-state index is 0.199. The number of benzene rings is 2. The molecular formula is C21H19N3O4. The lowest BCUT2D eigenvalue weighted by atomic mass is 10.1. The lowest BCUT2D eigenvalue weighted by Crippen LogP contribution is -2.27. The van der Waals surface area contributed by atoms with Crippen LogP contribution in [0.15, 0.2) is 48.5 Å². The topological polar surface area (TPSA) is 91.5 Å². The minimum Gasteiger partial charge on any atom is -0.454 e. The van der Waals surface area contributed by atoms with E-state index in [1.54, 1.807) is 29.2 Å². The number of ketones is 1. The number of ether oxygens (including phenoxy) is 1. The maximum Gasteiger partial charge on any atom is 0.338 e.